The standard InChI is InChI=1S/C17H34N2O2/c1-13-10-14(2)12-15(11-13)18-8-7-9-19(6)16(20)21-17(3,4)5/h13-15,18H,7-12H2,1-6H3. The Morgan fingerprint density at radius 3 is 2.29 bits per heavy atom. The highest BCUT2D eigenvalue weighted by Crippen LogP contribution is 2.28. The zero-order valence-electron chi connectivity index (χ0n) is 14.7. The predicted octanol–water partition coefficient (Wildman–Crippen LogP) is 3.66. The Labute approximate surface area is 130 Å². The molecule has 1 N–H and O–H groups in total. The van der Waals surface area contributed by atoms with Gasteiger partial charge >= 0.3 is 6.09 Å². The lowest BCUT2D eigenvalue weighted by atomic mass is 9.80. The van der Waals surface area contributed by atoms with Gasteiger partial charge in [0.1, 0.15) is 5.60 Å². The van der Waals surface area contributed by atoms with E-state index in [9.17, 15) is 4.79 Å². The van der Waals surface area contributed by atoms with Crippen LogP contribution in [-0.4, -0.2) is 42.8 Å². The van der Waals surface area contributed by atoms with E-state index in [1.807, 2.05) is 20.8 Å². The highest BCUT2D eigenvalue weighted by Gasteiger charge is 2.23. The Morgan fingerprint density at radius 1 is 1.19 bits per heavy atom. The Balaban J connectivity index is 2.17. The quantitative estimate of drug-likeness (QED) is 0.788. The van der Waals surface area contributed by atoms with Crippen molar-refractivity contribution in [1.29, 1.82) is 0 Å². The summed E-state index contributed by atoms with van der Waals surface area (Å²) in [6.07, 6.45) is 4.66. The highest BCUT2D eigenvalue weighted by molar-refractivity contribution is 5.67. The summed E-state index contributed by atoms with van der Waals surface area (Å²) in [6.45, 7) is 12.1. The van der Waals surface area contributed by atoms with Gasteiger partial charge in [0.2, 0.25) is 0 Å². The van der Waals surface area contributed by atoms with Gasteiger partial charge in [0.05, 0.1) is 0 Å². The van der Waals surface area contributed by atoms with E-state index in [0.717, 1.165) is 31.3 Å². The molecule has 0 bridgehead atoms. The number of rotatable bonds is 5. The summed E-state index contributed by atoms with van der Waals surface area (Å²) >= 11 is 0. The molecule has 4 nitrogen and oxygen atoms in total. The Morgan fingerprint density at radius 2 is 1.76 bits per heavy atom. The molecule has 21 heavy (non-hydrogen) atoms. The van der Waals surface area contributed by atoms with Crippen molar-refractivity contribution in [2.45, 2.75) is 71.9 Å². The molecule has 0 saturated heterocycles. The highest BCUT2D eigenvalue weighted by atomic mass is 16.6. The zero-order valence-corrected chi connectivity index (χ0v) is 14.7. The summed E-state index contributed by atoms with van der Waals surface area (Å²) in [6, 6.07) is 0.649. The molecule has 1 rings (SSSR count). The van der Waals surface area contributed by atoms with Crippen molar-refractivity contribution in [3.05, 3.63) is 0 Å². The lowest BCUT2D eigenvalue weighted by Gasteiger charge is -2.32. The van der Waals surface area contributed by atoms with Gasteiger partial charge in [-0.3, -0.25) is 0 Å². The molecule has 0 heterocycles. The SMILES string of the molecule is CC1CC(C)CC(NCCCN(C)C(=O)OC(C)(C)C)C1. The fourth-order valence-corrected chi connectivity index (χ4v) is 3.17. The smallest absolute Gasteiger partial charge is 0.410 e. The Hall–Kier alpha value is -0.770. The van der Waals surface area contributed by atoms with E-state index in [0.29, 0.717) is 6.04 Å². The number of nitrogens with zero attached hydrogens (tertiary/aromatic N) is 1. The van der Waals surface area contributed by atoms with Crippen LogP contribution in [0.5, 0.6) is 0 Å². The summed E-state index contributed by atoms with van der Waals surface area (Å²) in [5, 5.41) is 3.65. The molecule has 0 aromatic rings. The van der Waals surface area contributed by atoms with E-state index in [-0.39, 0.29) is 6.09 Å². The third kappa shape index (κ3) is 7.70. The van der Waals surface area contributed by atoms with Crippen LogP contribution >= 0.6 is 0 Å². The summed E-state index contributed by atoms with van der Waals surface area (Å²) in [5.74, 6) is 1.66. The van der Waals surface area contributed by atoms with Crippen LogP contribution in [0, 0.1) is 11.8 Å². The van der Waals surface area contributed by atoms with Crippen LogP contribution < -0.4 is 5.32 Å². The monoisotopic (exact) mass is 298 g/mol. The van der Waals surface area contributed by atoms with Crippen molar-refractivity contribution < 1.29 is 9.53 Å². The van der Waals surface area contributed by atoms with E-state index < -0.39 is 5.60 Å². The fraction of sp³-hybridized carbons (Fsp3) is 0.941. The number of hydrogen-bond acceptors (Lipinski definition) is 3. The van der Waals surface area contributed by atoms with Crippen LogP contribution in [0.1, 0.15) is 60.3 Å². The summed E-state index contributed by atoms with van der Waals surface area (Å²) in [5.41, 5.74) is -0.419. The number of nitrogens with one attached hydrogen (secondary N) is 1. The van der Waals surface area contributed by atoms with Crippen molar-refractivity contribution >= 4 is 6.09 Å². The lowest BCUT2D eigenvalue weighted by Crippen LogP contribution is -2.39. The molecular formula is C17H34N2O2. The molecule has 2 atom stereocenters. The molecule has 1 fully saturated rings. The molecule has 2 unspecified atom stereocenters. The largest absolute Gasteiger partial charge is 0.444 e. The Bertz CT molecular complexity index is 315. The first-order chi connectivity index (χ1) is 9.67. The molecule has 124 valence electrons. The van der Waals surface area contributed by atoms with Crippen LogP contribution in [0.4, 0.5) is 4.79 Å². The average molecular weight is 298 g/mol. The second-order valence-corrected chi connectivity index (χ2v) is 7.82. The second kappa shape index (κ2) is 8.02. The molecule has 0 aromatic heterocycles. The van der Waals surface area contributed by atoms with Gasteiger partial charge in [0, 0.05) is 19.6 Å². The van der Waals surface area contributed by atoms with Crippen LogP contribution in [-0.2, 0) is 4.74 Å². The normalized spacial score (nSPS) is 26.5. The number of carbonyl (C=O) groups is 1. The first-order valence-corrected chi connectivity index (χ1v) is 8.35. The maximum Gasteiger partial charge on any atom is 0.410 e. The van der Waals surface area contributed by atoms with E-state index in [1.165, 1.54) is 19.3 Å². The topological polar surface area (TPSA) is 41.6 Å². The molecule has 0 radical (unpaired) electrons. The third-order valence-corrected chi connectivity index (χ3v) is 3.99. The van der Waals surface area contributed by atoms with Gasteiger partial charge in [-0.05, 0) is 64.8 Å². The van der Waals surface area contributed by atoms with E-state index in [4.69, 9.17) is 4.74 Å². The van der Waals surface area contributed by atoms with Crippen molar-refractivity contribution in [2.75, 3.05) is 20.1 Å². The van der Waals surface area contributed by atoms with Crippen LogP contribution in [0.2, 0.25) is 0 Å². The van der Waals surface area contributed by atoms with Gasteiger partial charge in [-0.2, -0.15) is 0 Å². The van der Waals surface area contributed by atoms with Gasteiger partial charge in [-0.1, -0.05) is 13.8 Å². The number of hydrogen-bond donors (Lipinski definition) is 1. The van der Waals surface area contributed by atoms with Crippen molar-refractivity contribution in [2.24, 2.45) is 11.8 Å². The van der Waals surface area contributed by atoms with Gasteiger partial charge < -0.3 is 15.0 Å². The van der Waals surface area contributed by atoms with E-state index in [2.05, 4.69) is 19.2 Å². The zero-order chi connectivity index (χ0) is 16.0. The molecular weight excluding hydrogens is 264 g/mol. The van der Waals surface area contributed by atoms with Gasteiger partial charge in [-0.25, -0.2) is 4.79 Å². The molecule has 4 heteroatoms. The van der Waals surface area contributed by atoms with Crippen LogP contribution in [0.3, 0.4) is 0 Å². The predicted molar refractivity (Wildman–Crippen MR) is 87.5 cm³/mol. The molecule has 1 aliphatic carbocycles. The van der Waals surface area contributed by atoms with Gasteiger partial charge in [-0.15, -0.1) is 0 Å². The molecule has 0 spiro atoms. The third-order valence-electron chi connectivity index (χ3n) is 3.99. The maximum absolute atomic E-state index is 11.8. The molecule has 1 amide bonds. The minimum atomic E-state index is -0.419. The maximum atomic E-state index is 11.8. The number of carbonyl (C=O) groups excluding carboxylic acids is 1. The van der Waals surface area contributed by atoms with E-state index >= 15 is 0 Å². The van der Waals surface area contributed by atoms with Crippen molar-refractivity contribution in [3.63, 3.8) is 0 Å². The summed E-state index contributed by atoms with van der Waals surface area (Å²) in [7, 11) is 1.80. The number of amides is 1. The first-order valence-electron chi connectivity index (χ1n) is 8.35. The van der Waals surface area contributed by atoms with Crippen LogP contribution in [0.25, 0.3) is 0 Å². The molecule has 1 saturated carbocycles. The molecule has 1 aliphatic rings. The summed E-state index contributed by atoms with van der Waals surface area (Å²) in [4.78, 5) is 13.5. The minimum absolute atomic E-state index is 0.234. The Kier molecular flexibility index (Phi) is 6.98. The van der Waals surface area contributed by atoms with Gasteiger partial charge in [0.25, 0.3) is 0 Å². The van der Waals surface area contributed by atoms with Crippen LogP contribution in [0.15, 0.2) is 0 Å². The second-order valence-electron chi connectivity index (χ2n) is 7.82. The van der Waals surface area contributed by atoms with E-state index in [1.54, 1.807) is 11.9 Å². The minimum Gasteiger partial charge on any atom is -0.444 e. The van der Waals surface area contributed by atoms with Crippen molar-refractivity contribution in [1.82, 2.24) is 10.2 Å². The molecule has 0 aliphatic heterocycles. The number of ether oxygens (including phenoxy) is 1. The van der Waals surface area contributed by atoms with Crippen molar-refractivity contribution in [3.8, 4) is 0 Å². The lowest BCUT2D eigenvalue weighted by molar-refractivity contribution is 0.0297. The van der Waals surface area contributed by atoms with Gasteiger partial charge in [0.15, 0.2) is 0 Å². The first kappa shape index (κ1) is 18.3. The average Bonchev–Trinajstić information content (AvgIpc) is 2.31. The molecule has 0 aromatic carbocycles. The fourth-order valence-electron chi connectivity index (χ4n) is 3.17. The summed E-state index contributed by atoms with van der Waals surface area (Å²) < 4.78 is 5.34.